The Bertz CT molecular complexity index is 947. The van der Waals surface area contributed by atoms with Gasteiger partial charge in [0.15, 0.2) is 0 Å². The average molecular weight is 464 g/mol. The van der Waals surface area contributed by atoms with Crippen molar-refractivity contribution in [2.45, 2.75) is 51.2 Å². The first kappa shape index (κ1) is 23.3. The minimum Gasteiger partial charge on any atom is -0.315 e. The molecular formula is C22H27Cl2N5O2. The van der Waals surface area contributed by atoms with Gasteiger partial charge in [-0.15, -0.1) is 12.4 Å². The van der Waals surface area contributed by atoms with E-state index >= 15 is 0 Å². The fourth-order valence-electron chi connectivity index (χ4n) is 4.05. The first-order valence-electron chi connectivity index (χ1n) is 10.3. The monoisotopic (exact) mass is 463 g/mol. The minimum atomic E-state index is -0.329. The van der Waals surface area contributed by atoms with E-state index in [9.17, 15) is 9.59 Å². The molecule has 1 saturated carbocycles. The number of urea groups is 1. The lowest BCUT2D eigenvalue weighted by molar-refractivity contribution is -0.117. The molecule has 4 rings (SSSR count). The van der Waals surface area contributed by atoms with Gasteiger partial charge >= 0.3 is 6.03 Å². The zero-order valence-corrected chi connectivity index (χ0v) is 19.2. The summed E-state index contributed by atoms with van der Waals surface area (Å²) in [6.45, 7) is 2.23. The fourth-order valence-corrected chi connectivity index (χ4v) is 4.18. The highest BCUT2D eigenvalue weighted by atomic mass is 35.5. The lowest BCUT2D eigenvalue weighted by Gasteiger charge is -2.39. The summed E-state index contributed by atoms with van der Waals surface area (Å²) < 4.78 is 0. The van der Waals surface area contributed by atoms with Crippen molar-refractivity contribution in [3.63, 3.8) is 0 Å². The Morgan fingerprint density at radius 1 is 1.16 bits per heavy atom. The molecule has 0 radical (unpaired) electrons. The lowest BCUT2D eigenvalue weighted by Crippen LogP contribution is -2.49. The van der Waals surface area contributed by atoms with E-state index in [2.05, 4.69) is 10.6 Å². The number of hydrogen-bond donors (Lipinski definition) is 2. The molecule has 2 aliphatic rings. The van der Waals surface area contributed by atoms with Crippen LogP contribution in [0.5, 0.6) is 0 Å². The van der Waals surface area contributed by atoms with Gasteiger partial charge in [-0.05, 0) is 63.2 Å². The highest BCUT2D eigenvalue weighted by molar-refractivity contribution is 6.30. The van der Waals surface area contributed by atoms with E-state index in [0.717, 1.165) is 42.8 Å². The third-order valence-corrected chi connectivity index (χ3v) is 6.13. The molecule has 1 unspecified atom stereocenters. The summed E-state index contributed by atoms with van der Waals surface area (Å²) in [5.41, 5.74) is 2.25. The van der Waals surface area contributed by atoms with Crippen LogP contribution in [0.4, 0.5) is 22.0 Å². The maximum atomic E-state index is 13.5. The summed E-state index contributed by atoms with van der Waals surface area (Å²) >= 11 is 6.05. The summed E-state index contributed by atoms with van der Waals surface area (Å²) in [6, 6.07) is 10.7. The quantitative estimate of drug-likeness (QED) is 0.672. The smallest absolute Gasteiger partial charge is 0.315 e. The van der Waals surface area contributed by atoms with Gasteiger partial charge < -0.3 is 15.5 Å². The van der Waals surface area contributed by atoms with E-state index in [-0.39, 0.29) is 36.4 Å². The Morgan fingerprint density at radius 2 is 1.84 bits per heavy atom. The number of hydrogen-bond acceptors (Lipinski definition) is 4. The zero-order valence-electron chi connectivity index (χ0n) is 17.6. The molecule has 1 fully saturated rings. The Kier molecular flexibility index (Phi) is 7.41. The molecule has 3 amide bonds. The molecule has 1 aliphatic heterocycles. The van der Waals surface area contributed by atoms with Crippen LogP contribution >= 0.6 is 24.0 Å². The second kappa shape index (κ2) is 9.85. The van der Waals surface area contributed by atoms with E-state index in [1.807, 2.05) is 23.1 Å². The number of pyridine rings is 1. The maximum absolute atomic E-state index is 13.5. The van der Waals surface area contributed by atoms with E-state index in [1.165, 1.54) is 0 Å². The number of nitrogens with zero attached hydrogens (tertiary/aromatic N) is 3. The second-order valence-corrected chi connectivity index (χ2v) is 8.26. The van der Waals surface area contributed by atoms with Crippen molar-refractivity contribution in [3.8, 4) is 0 Å². The van der Waals surface area contributed by atoms with Crippen molar-refractivity contribution < 1.29 is 9.59 Å². The Morgan fingerprint density at radius 3 is 2.48 bits per heavy atom. The van der Waals surface area contributed by atoms with E-state index in [4.69, 9.17) is 16.6 Å². The molecule has 0 saturated heterocycles. The Balaban J connectivity index is 0.00000272. The van der Waals surface area contributed by atoms with Crippen LogP contribution in [0.25, 0.3) is 0 Å². The standard InChI is InChI=1S/C22H26ClN5O2.ClH/c1-14(24-2)21(29)26-20-12-11-19-18(25-20)13-27(16-5-3-4-6-16)22(30)28(19)17-9-7-15(23)8-10-17;/h7-12,14,16,24H,3-6,13H2,1-2H3,(H,25,26,29);1H. The highest BCUT2D eigenvalue weighted by Gasteiger charge is 2.37. The first-order chi connectivity index (χ1) is 14.5. The lowest BCUT2D eigenvalue weighted by atomic mass is 10.1. The van der Waals surface area contributed by atoms with E-state index < -0.39 is 0 Å². The molecule has 1 aliphatic carbocycles. The van der Waals surface area contributed by atoms with Crippen LogP contribution < -0.4 is 15.5 Å². The summed E-state index contributed by atoms with van der Waals surface area (Å²) in [5.74, 6) is 0.330. The van der Waals surface area contributed by atoms with Crippen molar-refractivity contribution in [1.82, 2.24) is 15.2 Å². The van der Waals surface area contributed by atoms with Crippen LogP contribution in [0, 0.1) is 0 Å². The van der Waals surface area contributed by atoms with Crippen LogP contribution in [0.2, 0.25) is 5.02 Å². The summed E-state index contributed by atoms with van der Waals surface area (Å²) in [5, 5.41) is 6.38. The topological polar surface area (TPSA) is 77.6 Å². The molecule has 31 heavy (non-hydrogen) atoms. The number of amides is 3. The summed E-state index contributed by atoms with van der Waals surface area (Å²) in [6.07, 6.45) is 4.28. The van der Waals surface area contributed by atoms with Gasteiger partial charge in [0.1, 0.15) is 5.82 Å². The van der Waals surface area contributed by atoms with Crippen molar-refractivity contribution in [2.75, 3.05) is 17.3 Å². The van der Waals surface area contributed by atoms with Crippen molar-refractivity contribution in [2.24, 2.45) is 0 Å². The van der Waals surface area contributed by atoms with Gasteiger partial charge in [0.25, 0.3) is 0 Å². The molecular weight excluding hydrogens is 437 g/mol. The number of fused-ring (bicyclic) bond motifs is 1. The summed E-state index contributed by atoms with van der Waals surface area (Å²) in [7, 11) is 1.74. The maximum Gasteiger partial charge on any atom is 0.329 e. The van der Waals surface area contributed by atoms with Gasteiger partial charge in [-0.25, -0.2) is 9.78 Å². The zero-order chi connectivity index (χ0) is 21.3. The predicted molar refractivity (Wildman–Crippen MR) is 125 cm³/mol. The molecule has 9 heteroatoms. The van der Waals surface area contributed by atoms with E-state index in [0.29, 0.717) is 17.4 Å². The molecule has 0 bridgehead atoms. The Labute approximate surface area is 193 Å². The van der Waals surface area contributed by atoms with Crippen molar-refractivity contribution >= 4 is 53.1 Å². The molecule has 2 N–H and O–H groups in total. The molecule has 166 valence electrons. The number of likely N-dealkylation sites (N-methyl/N-ethyl adjacent to an activating group) is 1. The number of anilines is 3. The molecule has 7 nitrogen and oxygen atoms in total. The second-order valence-electron chi connectivity index (χ2n) is 7.82. The van der Waals surface area contributed by atoms with Crippen LogP contribution in [-0.4, -0.2) is 41.0 Å². The third-order valence-electron chi connectivity index (χ3n) is 5.88. The molecule has 2 aromatic rings. The fraction of sp³-hybridized carbons (Fsp3) is 0.409. The van der Waals surface area contributed by atoms with Gasteiger partial charge in [0, 0.05) is 11.1 Å². The van der Waals surface area contributed by atoms with Gasteiger partial charge in [-0.1, -0.05) is 24.4 Å². The number of halogens is 2. The van der Waals surface area contributed by atoms with Gasteiger partial charge in [-0.3, -0.25) is 9.69 Å². The molecule has 1 aromatic carbocycles. The van der Waals surface area contributed by atoms with Gasteiger partial charge in [-0.2, -0.15) is 0 Å². The minimum absolute atomic E-state index is 0. The van der Waals surface area contributed by atoms with Crippen molar-refractivity contribution in [3.05, 3.63) is 47.1 Å². The SMILES string of the molecule is CNC(C)C(=O)Nc1ccc2c(n1)CN(C1CCCC1)C(=O)N2c1ccc(Cl)cc1.Cl. The number of nitrogens with one attached hydrogen (secondary N) is 2. The first-order valence-corrected chi connectivity index (χ1v) is 10.7. The number of benzene rings is 1. The normalized spacial score (nSPS) is 17.2. The molecule has 1 aromatic heterocycles. The van der Waals surface area contributed by atoms with Crippen LogP contribution in [-0.2, 0) is 11.3 Å². The average Bonchev–Trinajstić information content (AvgIpc) is 3.28. The number of carbonyl (C=O) groups excluding carboxylic acids is 2. The number of aromatic nitrogens is 1. The molecule has 2 heterocycles. The van der Waals surface area contributed by atoms with Gasteiger partial charge in [0.05, 0.1) is 29.7 Å². The number of rotatable bonds is 5. The van der Waals surface area contributed by atoms with Crippen molar-refractivity contribution in [1.29, 1.82) is 0 Å². The third kappa shape index (κ3) is 4.79. The molecule has 1 atom stereocenters. The van der Waals surface area contributed by atoms with Crippen LogP contribution in [0.1, 0.15) is 38.3 Å². The Hall–Kier alpha value is -2.35. The highest BCUT2D eigenvalue weighted by Crippen LogP contribution is 2.38. The van der Waals surface area contributed by atoms with Crippen LogP contribution in [0.15, 0.2) is 36.4 Å². The van der Waals surface area contributed by atoms with Crippen LogP contribution in [0.3, 0.4) is 0 Å². The largest absolute Gasteiger partial charge is 0.329 e. The van der Waals surface area contributed by atoms with Gasteiger partial charge in [0.2, 0.25) is 5.91 Å². The summed E-state index contributed by atoms with van der Waals surface area (Å²) in [4.78, 5) is 34.0. The van der Waals surface area contributed by atoms with E-state index in [1.54, 1.807) is 37.1 Å². The molecule has 0 spiro atoms. The number of carbonyl (C=O) groups is 2. The predicted octanol–water partition coefficient (Wildman–Crippen LogP) is 4.72.